The molecule has 1 aliphatic heterocycles. The molecule has 2 aromatic rings. The van der Waals surface area contributed by atoms with Gasteiger partial charge in [0, 0.05) is 38.7 Å². The number of aryl methyl sites for hydroxylation is 1. The first-order valence-corrected chi connectivity index (χ1v) is 9.18. The van der Waals surface area contributed by atoms with Gasteiger partial charge in [-0.15, -0.1) is 0 Å². The van der Waals surface area contributed by atoms with Gasteiger partial charge < -0.3 is 10.0 Å². The van der Waals surface area contributed by atoms with Crippen LogP contribution in [0.15, 0.2) is 36.7 Å². The van der Waals surface area contributed by atoms with Crippen LogP contribution in [0.2, 0.25) is 0 Å². The van der Waals surface area contributed by atoms with E-state index in [0.29, 0.717) is 37.9 Å². The minimum atomic E-state index is -0.939. The van der Waals surface area contributed by atoms with Gasteiger partial charge in [-0.25, -0.2) is 4.39 Å². The lowest BCUT2D eigenvalue weighted by Crippen LogP contribution is -2.48. The van der Waals surface area contributed by atoms with Gasteiger partial charge in [0.2, 0.25) is 5.91 Å². The Morgan fingerprint density at radius 3 is 2.73 bits per heavy atom. The number of carbonyl (C=O) groups is 1. The zero-order valence-electron chi connectivity index (χ0n) is 14.9. The summed E-state index contributed by atoms with van der Waals surface area (Å²) in [5, 5.41) is 15.0. The molecule has 1 aromatic carbocycles. The molecule has 2 fully saturated rings. The number of hydrogen-bond acceptors (Lipinski definition) is 3. The summed E-state index contributed by atoms with van der Waals surface area (Å²) in [7, 11) is 1.88. The summed E-state index contributed by atoms with van der Waals surface area (Å²) in [6.07, 6.45) is 5.95. The lowest BCUT2D eigenvalue weighted by molar-refractivity contribution is -0.136. The lowest BCUT2D eigenvalue weighted by Gasteiger charge is -2.38. The molecule has 1 saturated heterocycles. The van der Waals surface area contributed by atoms with Crippen LogP contribution in [0.25, 0.3) is 0 Å². The van der Waals surface area contributed by atoms with Crippen LogP contribution in [0.1, 0.15) is 36.3 Å². The molecule has 0 unspecified atom stereocenters. The normalized spacial score (nSPS) is 24.5. The molecule has 1 aliphatic carbocycles. The van der Waals surface area contributed by atoms with Gasteiger partial charge in [-0.2, -0.15) is 5.10 Å². The van der Waals surface area contributed by atoms with E-state index in [1.54, 1.807) is 22.9 Å². The van der Waals surface area contributed by atoms with Crippen molar-refractivity contribution in [1.29, 1.82) is 0 Å². The Morgan fingerprint density at radius 2 is 2.08 bits per heavy atom. The van der Waals surface area contributed by atoms with Crippen molar-refractivity contribution < 1.29 is 14.3 Å². The fourth-order valence-corrected chi connectivity index (χ4v) is 4.02. The summed E-state index contributed by atoms with van der Waals surface area (Å²) < 4.78 is 15.6. The predicted octanol–water partition coefficient (Wildman–Crippen LogP) is 2.26. The molecule has 6 heteroatoms. The Morgan fingerprint density at radius 1 is 1.35 bits per heavy atom. The molecule has 26 heavy (non-hydrogen) atoms. The van der Waals surface area contributed by atoms with Crippen LogP contribution in [0.5, 0.6) is 0 Å². The first-order valence-electron chi connectivity index (χ1n) is 9.18. The minimum absolute atomic E-state index is 0.0389. The summed E-state index contributed by atoms with van der Waals surface area (Å²) in [5.41, 5.74) is 0.721. The van der Waals surface area contributed by atoms with E-state index >= 15 is 0 Å². The van der Waals surface area contributed by atoms with E-state index in [1.165, 1.54) is 6.07 Å². The van der Waals surface area contributed by atoms with Gasteiger partial charge in [-0.3, -0.25) is 9.48 Å². The Labute approximate surface area is 152 Å². The van der Waals surface area contributed by atoms with Gasteiger partial charge >= 0.3 is 0 Å². The molecule has 2 atom stereocenters. The summed E-state index contributed by atoms with van der Waals surface area (Å²) in [5.74, 6) is 0.205. The van der Waals surface area contributed by atoms with E-state index in [1.807, 2.05) is 24.3 Å². The second-order valence-electron chi connectivity index (χ2n) is 7.71. The van der Waals surface area contributed by atoms with E-state index in [0.717, 1.165) is 12.0 Å². The monoisotopic (exact) mass is 357 g/mol. The maximum atomic E-state index is 13.9. The van der Waals surface area contributed by atoms with Gasteiger partial charge in [-0.1, -0.05) is 18.2 Å². The average molecular weight is 357 g/mol. The van der Waals surface area contributed by atoms with Gasteiger partial charge in [0.1, 0.15) is 5.82 Å². The van der Waals surface area contributed by atoms with Crippen molar-refractivity contribution in [3.63, 3.8) is 0 Å². The fourth-order valence-electron chi connectivity index (χ4n) is 4.02. The Hall–Kier alpha value is -2.21. The highest BCUT2D eigenvalue weighted by molar-refractivity contribution is 5.83. The fraction of sp³-hybridized carbons (Fsp3) is 0.500. The van der Waals surface area contributed by atoms with Crippen molar-refractivity contribution in [3.05, 3.63) is 53.6 Å². The molecule has 0 radical (unpaired) electrons. The zero-order chi connectivity index (χ0) is 18.3. The molecule has 5 nitrogen and oxygen atoms in total. The number of aliphatic hydroxyl groups is 1. The number of hydrogen-bond donors (Lipinski definition) is 1. The zero-order valence-corrected chi connectivity index (χ0v) is 14.9. The van der Waals surface area contributed by atoms with Crippen molar-refractivity contribution in [2.45, 2.75) is 37.2 Å². The first kappa shape index (κ1) is 17.2. The van der Waals surface area contributed by atoms with E-state index in [9.17, 15) is 14.3 Å². The molecule has 0 spiro atoms. The third-order valence-electron chi connectivity index (χ3n) is 5.74. The molecular formula is C20H24FN3O2. The molecular weight excluding hydrogens is 333 g/mol. The predicted molar refractivity (Wildman–Crippen MR) is 94.9 cm³/mol. The second-order valence-corrected chi connectivity index (χ2v) is 7.71. The highest BCUT2D eigenvalue weighted by atomic mass is 19.1. The van der Waals surface area contributed by atoms with Crippen molar-refractivity contribution in [2.75, 3.05) is 13.1 Å². The average Bonchev–Trinajstić information content (AvgIpc) is 3.31. The summed E-state index contributed by atoms with van der Waals surface area (Å²) in [6, 6.07) is 6.57. The summed E-state index contributed by atoms with van der Waals surface area (Å²) >= 11 is 0. The topological polar surface area (TPSA) is 58.4 Å². The van der Waals surface area contributed by atoms with E-state index < -0.39 is 5.60 Å². The number of halogens is 1. The molecule has 138 valence electrons. The second kappa shape index (κ2) is 6.50. The third-order valence-corrected chi connectivity index (χ3v) is 5.74. The Kier molecular flexibility index (Phi) is 4.31. The van der Waals surface area contributed by atoms with Gasteiger partial charge in [0.05, 0.1) is 11.8 Å². The third kappa shape index (κ3) is 3.38. The number of amides is 1. The van der Waals surface area contributed by atoms with E-state index in [-0.39, 0.29) is 23.6 Å². The molecule has 0 bridgehead atoms. The lowest BCUT2D eigenvalue weighted by atomic mass is 9.85. The number of likely N-dealkylation sites (tertiary alicyclic amines) is 1. The smallest absolute Gasteiger partial charge is 0.226 e. The minimum Gasteiger partial charge on any atom is -0.389 e. The van der Waals surface area contributed by atoms with Crippen molar-refractivity contribution in [2.24, 2.45) is 13.0 Å². The number of carbonyl (C=O) groups excluding carboxylic acids is 1. The van der Waals surface area contributed by atoms with Crippen LogP contribution in [0, 0.1) is 11.7 Å². The summed E-state index contributed by atoms with van der Waals surface area (Å²) in [4.78, 5) is 14.6. The van der Waals surface area contributed by atoms with Crippen LogP contribution in [-0.4, -0.2) is 44.4 Å². The quantitative estimate of drug-likeness (QED) is 0.913. The molecule has 4 rings (SSSR count). The van der Waals surface area contributed by atoms with Crippen LogP contribution >= 0.6 is 0 Å². The number of benzene rings is 1. The molecule has 1 amide bonds. The number of nitrogens with zero attached hydrogens (tertiary/aromatic N) is 3. The number of aromatic nitrogens is 2. The SMILES string of the molecule is Cn1cc([C@@H]2C[C@H]2C(=O)N2CCC(O)(Cc3ccccc3F)CC2)cn1. The highest BCUT2D eigenvalue weighted by Crippen LogP contribution is 2.48. The van der Waals surface area contributed by atoms with Crippen molar-refractivity contribution in [1.82, 2.24) is 14.7 Å². The molecule has 1 aromatic heterocycles. The first-order chi connectivity index (χ1) is 12.5. The van der Waals surface area contributed by atoms with Gasteiger partial charge in [0.25, 0.3) is 0 Å². The van der Waals surface area contributed by atoms with Crippen LogP contribution < -0.4 is 0 Å². The van der Waals surface area contributed by atoms with Crippen LogP contribution in [0.4, 0.5) is 4.39 Å². The highest BCUT2D eigenvalue weighted by Gasteiger charge is 2.47. The summed E-state index contributed by atoms with van der Waals surface area (Å²) in [6.45, 7) is 1.06. The standard InChI is InChI=1S/C20H24FN3O2/c1-23-13-15(12-22-23)16-10-17(16)19(25)24-8-6-20(26,7-9-24)11-14-4-2-3-5-18(14)21/h2-5,12-13,16-17,26H,6-11H2,1H3/t16-,17+/m0/s1. The largest absolute Gasteiger partial charge is 0.389 e. The van der Waals surface area contributed by atoms with Crippen molar-refractivity contribution >= 4 is 5.91 Å². The Bertz CT molecular complexity index is 811. The number of rotatable bonds is 4. The van der Waals surface area contributed by atoms with Crippen LogP contribution in [0.3, 0.4) is 0 Å². The maximum absolute atomic E-state index is 13.9. The molecule has 2 heterocycles. The van der Waals surface area contributed by atoms with E-state index in [4.69, 9.17) is 0 Å². The molecule has 1 saturated carbocycles. The van der Waals surface area contributed by atoms with Crippen molar-refractivity contribution in [3.8, 4) is 0 Å². The molecule has 2 aliphatic rings. The van der Waals surface area contributed by atoms with E-state index in [2.05, 4.69) is 5.10 Å². The Balaban J connectivity index is 1.33. The van der Waals surface area contributed by atoms with Gasteiger partial charge in [-0.05, 0) is 42.4 Å². The van der Waals surface area contributed by atoms with Crippen LogP contribution in [-0.2, 0) is 18.3 Å². The maximum Gasteiger partial charge on any atom is 0.226 e. The van der Waals surface area contributed by atoms with Gasteiger partial charge in [0.15, 0.2) is 0 Å². The number of piperidine rings is 1. The molecule has 1 N–H and O–H groups in total.